The largest absolute Gasteiger partial charge is 0.478 e. The molecule has 3 nitrogen and oxygen atoms in total. The molecule has 0 aliphatic carbocycles. The molecule has 0 N–H and O–H groups in total. The van der Waals surface area contributed by atoms with Crippen molar-refractivity contribution in [1.82, 2.24) is 0 Å². The van der Waals surface area contributed by atoms with Gasteiger partial charge in [-0.05, 0) is 57.4 Å². The van der Waals surface area contributed by atoms with Crippen LogP contribution in [0.1, 0.15) is 32.8 Å². The van der Waals surface area contributed by atoms with Crippen LogP contribution in [0.4, 0.5) is 0 Å². The molecule has 1 atom stereocenters. The lowest BCUT2D eigenvalue weighted by Crippen LogP contribution is -2.37. The van der Waals surface area contributed by atoms with Crippen molar-refractivity contribution in [2.75, 3.05) is 0 Å². The summed E-state index contributed by atoms with van der Waals surface area (Å²) in [6.45, 7) is 5.55. The highest BCUT2D eigenvalue weighted by Crippen LogP contribution is 2.30. The minimum atomic E-state index is -0.516. The van der Waals surface area contributed by atoms with Crippen molar-refractivity contribution in [3.8, 4) is 5.75 Å². The predicted octanol–water partition coefficient (Wildman–Crippen LogP) is 3.38. The first-order valence-electron chi connectivity index (χ1n) is 6.03. The molecule has 1 aliphatic heterocycles. The second kappa shape index (κ2) is 4.81. The van der Waals surface area contributed by atoms with E-state index in [9.17, 15) is 4.79 Å². The first-order chi connectivity index (χ1) is 8.35. The molecule has 0 spiro atoms. The van der Waals surface area contributed by atoms with Gasteiger partial charge in [-0.25, -0.2) is 4.79 Å². The summed E-state index contributed by atoms with van der Waals surface area (Å²) in [6, 6.07) is 5.44. The van der Waals surface area contributed by atoms with Gasteiger partial charge in [-0.15, -0.1) is 0 Å². The summed E-state index contributed by atoms with van der Waals surface area (Å²) in [6.07, 6.45) is 0.889. The van der Waals surface area contributed by atoms with Gasteiger partial charge in [-0.1, -0.05) is 11.6 Å². The number of rotatable bonds is 1. The fourth-order valence-electron chi connectivity index (χ4n) is 1.89. The number of hydrogen-bond donors (Lipinski definition) is 0. The zero-order chi connectivity index (χ0) is 13.3. The van der Waals surface area contributed by atoms with Crippen LogP contribution in [0.15, 0.2) is 18.2 Å². The van der Waals surface area contributed by atoms with Crippen molar-refractivity contribution >= 4 is 17.6 Å². The van der Waals surface area contributed by atoms with Gasteiger partial charge in [-0.2, -0.15) is 0 Å². The molecule has 2 rings (SSSR count). The molecule has 98 valence electrons. The van der Waals surface area contributed by atoms with Crippen molar-refractivity contribution < 1.29 is 14.3 Å². The van der Waals surface area contributed by atoms with E-state index in [1.165, 1.54) is 0 Å². The average Bonchev–Trinajstić information content (AvgIpc) is 2.26. The Kier molecular flexibility index (Phi) is 3.53. The van der Waals surface area contributed by atoms with E-state index >= 15 is 0 Å². The van der Waals surface area contributed by atoms with Crippen LogP contribution in [0.25, 0.3) is 0 Å². The van der Waals surface area contributed by atoms with E-state index in [2.05, 4.69) is 0 Å². The molecule has 0 bridgehead atoms. The van der Waals surface area contributed by atoms with Gasteiger partial charge < -0.3 is 9.47 Å². The molecule has 0 amide bonds. The third-order valence-corrected chi connectivity index (χ3v) is 2.87. The number of aryl methyl sites for hydroxylation is 1. The Bertz CT molecular complexity index is 463. The van der Waals surface area contributed by atoms with Gasteiger partial charge in [-0.3, -0.25) is 0 Å². The van der Waals surface area contributed by atoms with Gasteiger partial charge in [0.1, 0.15) is 11.4 Å². The maximum Gasteiger partial charge on any atom is 0.347 e. The standard InChI is InChI=1S/C14H17ClO3/c1-14(2,3)18-13(16)12-6-4-9-8-10(15)5-7-11(9)17-12/h5,7-8,12H,4,6H2,1-3H3/t12-/m0/s1. The Labute approximate surface area is 112 Å². The monoisotopic (exact) mass is 268 g/mol. The third kappa shape index (κ3) is 3.16. The van der Waals surface area contributed by atoms with Crippen LogP contribution in [0, 0.1) is 0 Å². The maximum absolute atomic E-state index is 11.9. The summed E-state index contributed by atoms with van der Waals surface area (Å²) < 4.78 is 11.0. The quantitative estimate of drug-likeness (QED) is 0.733. The number of halogens is 1. The molecule has 4 heteroatoms. The highest BCUT2D eigenvalue weighted by Gasteiger charge is 2.30. The van der Waals surface area contributed by atoms with Crippen molar-refractivity contribution in [3.05, 3.63) is 28.8 Å². The van der Waals surface area contributed by atoms with Gasteiger partial charge in [0.25, 0.3) is 0 Å². The first-order valence-corrected chi connectivity index (χ1v) is 6.41. The number of ether oxygens (including phenoxy) is 2. The summed E-state index contributed by atoms with van der Waals surface area (Å²) in [7, 11) is 0. The zero-order valence-corrected chi connectivity index (χ0v) is 11.6. The van der Waals surface area contributed by atoms with Crippen molar-refractivity contribution in [2.45, 2.75) is 45.3 Å². The number of carbonyl (C=O) groups excluding carboxylic acids is 1. The molecule has 1 aromatic rings. The topological polar surface area (TPSA) is 35.5 Å². The highest BCUT2D eigenvalue weighted by molar-refractivity contribution is 6.30. The third-order valence-electron chi connectivity index (χ3n) is 2.64. The maximum atomic E-state index is 11.9. The van der Waals surface area contributed by atoms with Gasteiger partial charge >= 0.3 is 5.97 Å². The molecule has 18 heavy (non-hydrogen) atoms. The predicted molar refractivity (Wildman–Crippen MR) is 70.0 cm³/mol. The summed E-state index contributed by atoms with van der Waals surface area (Å²) in [5.41, 5.74) is 0.558. The Hall–Kier alpha value is -1.22. The molecule has 0 saturated heterocycles. The Morgan fingerprint density at radius 1 is 1.44 bits per heavy atom. The van der Waals surface area contributed by atoms with E-state index in [-0.39, 0.29) is 5.97 Å². The molecular weight excluding hydrogens is 252 g/mol. The van der Waals surface area contributed by atoms with Crippen LogP contribution in [0.3, 0.4) is 0 Å². The molecule has 0 radical (unpaired) electrons. The Balaban J connectivity index is 2.08. The lowest BCUT2D eigenvalue weighted by Gasteiger charge is -2.28. The minimum absolute atomic E-state index is 0.303. The van der Waals surface area contributed by atoms with E-state index < -0.39 is 11.7 Å². The number of hydrogen-bond acceptors (Lipinski definition) is 3. The van der Waals surface area contributed by atoms with Crippen LogP contribution in [0.5, 0.6) is 5.75 Å². The fourth-order valence-corrected chi connectivity index (χ4v) is 2.09. The van der Waals surface area contributed by atoms with Crippen LogP contribution in [-0.2, 0) is 16.0 Å². The fraction of sp³-hybridized carbons (Fsp3) is 0.500. The second-order valence-corrected chi connectivity index (χ2v) is 5.87. The minimum Gasteiger partial charge on any atom is -0.478 e. The van der Waals surface area contributed by atoms with Crippen molar-refractivity contribution in [1.29, 1.82) is 0 Å². The SMILES string of the molecule is CC(C)(C)OC(=O)[C@@H]1CCc2cc(Cl)ccc2O1. The molecule has 0 saturated carbocycles. The molecule has 0 fully saturated rings. The normalized spacial score (nSPS) is 18.8. The Morgan fingerprint density at radius 2 is 2.17 bits per heavy atom. The van der Waals surface area contributed by atoms with Gasteiger partial charge in [0, 0.05) is 5.02 Å². The number of benzene rings is 1. The number of carbonyl (C=O) groups is 1. The summed E-state index contributed by atoms with van der Waals surface area (Å²) in [5.74, 6) is 0.421. The summed E-state index contributed by atoms with van der Waals surface area (Å²) in [4.78, 5) is 11.9. The molecular formula is C14H17ClO3. The first kappa shape index (κ1) is 13.2. The van der Waals surface area contributed by atoms with Crippen LogP contribution < -0.4 is 4.74 Å². The van der Waals surface area contributed by atoms with Crippen molar-refractivity contribution in [2.24, 2.45) is 0 Å². The van der Waals surface area contributed by atoms with Crippen LogP contribution in [0.2, 0.25) is 5.02 Å². The van der Waals surface area contributed by atoms with Gasteiger partial charge in [0.15, 0.2) is 6.10 Å². The number of esters is 1. The van der Waals surface area contributed by atoms with Gasteiger partial charge in [0.05, 0.1) is 0 Å². The van der Waals surface area contributed by atoms with Gasteiger partial charge in [0.2, 0.25) is 0 Å². The highest BCUT2D eigenvalue weighted by atomic mass is 35.5. The number of fused-ring (bicyclic) bond motifs is 1. The van der Waals surface area contributed by atoms with E-state index in [1.54, 1.807) is 12.1 Å². The molecule has 1 heterocycles. The lowest BCUT2D eigenvalue weighted by molar-refractivity contribution is -0.164. The van der Waals surface area contributed by atoms with E-state index in [0.29, 0.717) is 11.4 Å². The van der Waals surface area contributed by atoms with E-state index in [0.717, 1.165) is 17.7 Å². The molecule has 1 aromatic carbocycles. The second-order valence-electron chi connectivity index (χ2n) is 5.43. The average molecular weight is 269 g/mol. The van der Waals surface area contributed by atoms with E-state index in [4.69, 9.17) is 21.1 Å². The molecule has 1 aliphatic rings. The van der Waals surface area contributed by atoms with E-state index in [1.807, 2.05) is 26.8 Å². The zero-order valence-electron chi connectivity index (χ0n) is 10.8. The van der Waals surface area contributed by atoms with Crippen molar-refractivity contribution in [3.63, 3.8) is 0 Å². The van der Waals surface area contributed by atoms with Crippen LogP contribution >= 0.6 is 11.6 Å². The Morgan fingerprint density at radius 3 is 2.83 bits per heavy atom. The summed E-state index contributed by atoms with van der Waals surface area (Å²) in [5, 5.41) is 0.688. The molecule has 0 aromatic heterocycles. The smallest absolute Gasteiger partial charge is 0.347 e. The molecule has 0 unspecified atom stereocenters. The lowest BCUT2D eigenvalue weighted by atomic mass is 10.0. The summed E-state index contributed by atoms with van der Waals surface area (Å²) >= 11 is 5.92. The van der Waals surface area contributed by atoms with Crippen LogP contribution in [-0.4, -0.2) is 17.7 Å².